The molecule has 0 saturated heterocycles. The van der Waals surface area contributed by atoms with Crippen LogP contribution in [0.3, 0.4) is 0 Å². The molecule has 0 bridgehead atoms. The average Bonchev–Trinajstić information content (AvgIpc) is 2.09. The molecule has 0 aromatic rings. The highest BCUT2D eigenvalue weighted by Gasteiger charge is 2.54. The van der Waals surface area contributed by atoms with Crippen LogP contribution in [0.5, 0.6) is 0 Å². The van der Waals surface area contributed by atoms with Gasteiger partial charge in [-0.2, -0.15) is 0 Å². The molecule has 0 spiro atoms. The minimum atomic E-state index is -0.714. The van der Waals surface area contributed by atoms with Crippen LogP contribution < -0.4 is 5.73 Å². The first-order chi connectivity index (χ1) is 6.90. The van der Waals surface area contributed by atoms with E-state index < -0.39 is 5.97 Å². The topological polar surface area (TPSA) is 63.3 Å². The molecule has 88 valence electrons. The second kappa shape index (κ2) is 4.12. The molecule has 0 aromatic heterocycles. The Bertz CT molecular complexity index is 242. The minimum Gasteiger partial charge on any atom is -0.481 e. The van der Waals surface area contributed by atoms with E-state index in [0.29, 0.717) is 17.9 Å². The molecule has 3 nitrogen and oxygen atoms in total. The van der Waals surface area contributed by atoms with Gasteiger partial charge < -0.3 is 10.8 Å². The molecule has 1 saturated carbocycles. The normalized spacial score (nSPS) is 35.3. The molecule has 0 amide bonds. The third-order valence-electron chi connectivity index (χ3n) is 4.34. The number of hydrogen-bond acceptors (Lipinski definition) is 2. The first-order valence-corrected chi connectivity index (χ1v) is 5.81. The van der Waals surface area contributed by atoms with Gasteiger partial charge in [0.05, 0.1) is 6.42 Å². The molecule has 3 heteroatoms. The van der Waals surface area contributed by atoms with Crippen LogP contribution in [-0.4, -0.2) is 17.6 Å². The predicted molar refractivity (Wildman–Crippen MR) is 60.5 cm³/mol. The summed E-state index contributed by atoms with van der Waals surface area (Å²) < 4.78 is 0. The van der Waals surface area contributed by atoms with E-state index >= 15 is 0 Å². The molecule has 1 fully saturated rings. The van der Waals surface area contributed by atoms with Crippen molar-refractivity contribution in [2.24, 2.45) is 22.5 Å². The van der Waals surface area contributed by atoms with E-state index in [9.17, 15) is 4.79 Å². The number of nitrogens with two attached hydrogens (primary N) is 1. The Balaban J connectivity index is 2.67. The predicted octanol–water partition coefficient (Wildman–Crippen LogP) is 2.25. The van der Waals surface area contributed by atoms with E-state index in [1.807, 2.05) is 0 Å². The highest BCUT2D eigenvalue weighted by Crippen LogP contribution is 2.61. The maximum atomic E-state index is 10.8. The maximum absolute atomic E-state index is 10.8. The molecule has 3 N–H and O–H groups in total. The van der Waals surface area contributed by atoms with Crippen LogP contribution in [0.1, 0.15) is 46.5 Å². The Kier molecular flexibility index (Phi) is 3.44. The van der Waals surface area contributed by atoms with Gasteiger partial charge in [-0.3, -0.25) is 4.79 Å². The molecular weight excluding hydrogens is 190 g/mol. The van der Waals surface area contributed by atoms with Gasteiger partial charge in [-0.05, 0) is 36.1 Å². The Morgan fingerprint density at radius 3 is 2.27 bits per heavy atom. The van der Waals surface area contributed by atoms with E-state index in [1.165, 1.54) is 0 Å². The molecule has 1 aliphatic rings. The van der Waals surface area contributed by atoms with Gasteiger partial charge in [-0.25, -0.2) is 0 Å². The smallest absolute Gasteiger partial charge is 0.303 e. The largest absolute Gasteiger partial charge is 0.481 e. The summed E-state index contributed by atoms with van der Waals surface area (Å²) in [5, 5.41) is 8.87. The van der Waals surface area contributed by atoms with Crippen molar-refractivity contribution in [1.29, 1.82) is 0 Å². The van der Waals surface area contributed by atoms with E-state index in [1.54, 1.807) is 0 Å². The van der Waals surface area contributed by atoms with Gasteiger partial charge in [0.1, 0.15) is 0 Å². The molecule has 0 unspecified atom stereocenters. The number of carboxylic acids is 1. The van der Waals surface area contributed by atoms with E-state index in [0.717, 1.165) is 19.3 Å². The number of rotatable bonds is 5. The fourth-order valence-electron chi connectivity index (χ4n) is 3.17. The molecule has 0 aliphatic heterocycles. The first-order valence-electron chi connectivity index (χ1n) is 5.81. The molecule has 0 radical (unpaired) electrons. The monoisotopic (exact) mass is 213 g/mol. The van der Waals surface area contributed by atoms with Crippen molar-refractivity contribution in [3.8, 4) is 0 Å². The van der Waals surface area contributed by atoms with Crippen LogP contribution >= 0.6 is 0 Å². The van der Waals surface area contributed by atoms with Crippen molar-refractivity contribution >= 4 is 5.97 Å². The Labute approximate surface area is 92.0 Å². The van der Waals surface area contributed by atoms with E-state index in [4.69, 9.17) is 10.8 Å². The fourth-order valence-corrected chi connectivity index (χ4v) is 3.17. The highest BCUT2D eigenvalue weighted by molar-refractivity contribution is 5.68. The van der Waals surface area contributed by atoms with Gasteiger partial charge in [-0.1, -0.05) is 27.2 Å². The lowest BCUT2D eigenvalue weighted by Crippen LogP contribution is -2.53. The summed E-state index contributed by atoms with van der Waals surface area (Å²) in [6, 6.07) is 0. The molecule has 1 rings (SSSR count). The summed E-state index contributed by atoms with van der Waals surface area (Å²) in [6.45, 7) is 7.16. The van der Waals surface area contributed by atoms with Gasteiger partial charge >= 0.3 is 5.97 Å². The van der Waals surface area contributed by atoms with E-state index in [-0.39, 0.29) is 11.8 Å². The minimum absolute atomic E-state index is 0.119. The average molecular weight is 213 g/mol. The third kappa shape index (κ3) is 2.17. The van der Waals surface area contributed by atoms with Crippen molar-refractivity contribution in [3.05, 3.63) is 0 Å². The molecule has 1 aliphatic carbocycles. The zero-order valence-electron chi connectivity index (χ0n) is 10.0. The summed E-state index contributed by atoms with van der Waals surface area (Å²) >= 11 is 0. The van der Waals surface area contributed by atoms with Gasteiger partial charge in [0.2, 0.25) is 0 Å². The summed E-state index contributed by atoms with van der Waals surface area (Å²) in [6.07, 6.45) is 3.33. The zero-order valence-corrected chi connectivity index (χ0v) is 10.0. The lowest BCUT2D eigenvalue weighted by atomic mass is 9.47. The summed E-state index contributed by atoms with van der Waals surface area (Å²) in [5.74, 6) is -0.0927. The van der Waals surface area contributed by atoms with Crippen molar-refractivity contribution in [2.45, 2.75) is 46.5 Å². The van der Waals surface area contributed by atoms with Crippen LogP contribution in [0.15, 0.2) is 0 Å². The second-order valence-corrected chi connectivity index (χ2v) is 5.50. The standard InChI is InChI=1S/C12H23NO2/c1-4-12(9(2)3)6-11(7-12,8-13)5-10(14)15/h9H,4-8,13H2,1-3H3,(H,14,15). The van der Waals surface area contributed by atoms with Crippen LogP contribution in [0.4, 0.5) is 0 Å². The summed E-state index contributed by atoms with van der Waals surface area (Å²) in [7, 11) is 0. The Morgan fingerprint density at radius 2 is 2.00 bits per heavy atom. The van der Waals surface area contributed by atoms with Crippen LogP contribution in [-0.2, 0) is 4.79 Å². The lowest BCUT2D eigenvalue weighted by Gasteiger charge is -2.58. The highest BCUT2D eigenvalue weighted by atomic mass is 16.4. The summed E-state index contributed by atoms with van der Waals surface area (Å²) in [4.78, 5) is 10.8. The third-order valence-corrected chi connectivity index (χ3v) is 4.34. The number of aliphatic carboxylic acids is 1. The fraction of sp³-hybridized carbons (Fsp3) is 0.917. The van der Waals surface area contributed by atoms with Gasteiger partial charge in [0, 0.05) is 0 Å². The zero-order chi connectivity index (χ0) is 11.7. The van der Waals surface area contributed by atoms with Crippen molar-refractivity contribution in [2.75, 3.05) is 6.54 Å². The van der Waals surface area contributed by atoms with Crippen molar-refractivity contribution in [3.63, 3.8) is 0 Å². The summed E-state index contributed by atoms with van der Waals surface area (Å²) in [5.41, 5.74) is 5.95. The maximum Gasteiger partial charge on any atom is 0.303 e. The second-order valence-electron chi connectivity index (χ2n) is 5.50. The number of carboxylic acid groups (broad SMARTS) is 1. The van der Waals surface area contributed by atoms with Gasteiger partial charge in [0.15, 0.2) is 0 Å². The van der Waals surface area contributed by atoms with Crippen molar-refractivity contribution < 1.29 is 9.90 Å². The molecular formula is C12H23NO2. The van der Waals surface area contributed by atoms with Crippen LogP contribution in [0, 0.1) is 16.7 Å². The van der Waals surface area contributed by atoms with E-state index in [2.05, 4.69) is 20.8 Å². The molecule has 15 heavy (non-hydrogen) atoms. The van der Waals surface area contributed by atoms with Gasteiger partial charge in [-0.15, -0.1) is 0 Å². The van der Waals surface area contributed by atoms with Crippen molar-refractivity contribution in [1.82, 2.24) is 0 Å². The number of hydrogen-bond donors (Lipinski definition) is 2. The molecule has 0 aromatic carbocycles. The van der Waals surface area contributed by atoms with Crippen LogP contribution in [0.25, 0.3) is 0 Å². The Morgan fingerprint density at radius 1 is 1.47 bits per heavy atom. The molecule has 0 heterocycles. The Hall–Kier alpha value is -0.570. The lowest BCUT2D eigenvalue weighted by molar-refractivity contribution is -0.148. The van der Waals surface area contributed by atoms with Crippen LogP contribution in [0.2, 0.25) is 0 Å². The SMILES string of the molecule is CCC1(C(C)C)CC(CN)(CC(=O)O)C1. The number of carbonyl (C=O) groups is 1. The molecule has 0 atom stereocenters. The van der Waals surface area contributed by atoms with Gasteiger partial charge in [0.25, 0.3) is 0 Å². The first kappa shape index (κ1) is 12.5. The quantitative estimate of drug-likeness (QED) is 0.736.